The summed E-state index contributed by atoms with van der Waals surface area (Å²) in [7, 11) is 0. The van der Waals surface area contributed by atoms with Gasteiger partial charge in [0.25, 0.3) is 0 Å². The molecule has 18 heavy (non-hydrogen) atoms. The highest BCUT2D eigenvalue weighted by Crippen LogP contribution is 2.26. The molecule has 1 unspecified atom stereocenters. The van der Waals surface area contributed by atoms with Crippen molar-refractivity contribution < 1.29 is 0 Å². The number of rotatable bonds is 4. The van der Waals surface area contributed by atoms with Gasteiger partial charge in [-0.3, -0.25) is 0 Å². The highest BCUT2D eigenvalue weighted by Gasteiger charge is 2.20. The summed E-state index contributed by atoms with van der Waals surface area (Å²) in [5.74, 6) is 1.07. The van der Waals surface area contributed by atoms with Crippen LogP contribution in [0.25, 0.3) is 0 Å². The molecule has 0 bridgehead atoms. The molecule has 2 rings (SSSR count). The number of halogens is 1. The maximum absolute atomic E-state index is 6.19. The number of nitrogens with one attached hydrogen (secondary N) is 1. The van der Waals surface area contributed by atoms with Crippen LogP contribution in [0, 0.1) is 0 Å². The lowest BCUT2D eigenvalue weighted by molar-refractivity contribution is 0.481. The summed E-state index contributed by atoms with van der Waals surface area (Å²) >= 11 is 6.19. The number of piperidine rings is 1. The molecule has 1 aliphatic heterocycles. The Kier molecular flexibility index (Phi) is 4.84. The molecule has 0 aliphatic carbocycles. The Morgan fingerprint density at radius 3 is 3.06 bits per heavy atom. The molecule has 3 nitrogen and oxygen atoms in total. The van der Waals surface area contributed by atoms with Crippen LogP contribution in [-0.4, -0.2) is 24.1 Å². The second-order valence-corrected chi connectivity index (χ2v) is 5.36. The van der Waals surface area contributed by atoms with E-state index >= 15 is 0 Å². The van der Waals surface area contributed by atoms with E-state index in [0.717, 1.165) is 36.0 Å². The molecule has 1 aromatic heterocycles. The van der Waals surface area contributed by atoms with Crippen LogP contribution in [0.1, 0.15) is 38.7 Å². The van der Waals surface area contributed by atoms with Crippen molar-refractivity contribution in [3.8, 4) is 0 Å². The lowest BCUT2D eigenvalue weighted by Crippen LogP contribution is -2.38. The molecular weight excluding hydrogens is 246 g/mol. The normalized spacial score (nSPS) is 20.2. The monoisotopic (exact) mass is 267 g/mol. The Hall–Kier alpha value is -0.800. The first-order valence-electron chi connectivity index (χ1n) is 6.84. The third kappa shape index (κ3) is 3.15. The number of hydrogen-bond acceptors (Lipinski definition) is 3. The molecule has 1 aliphatic rings. The maximum atomic E-state index is 6.19. The first kappa shape index (κ1) is 13.6. The third-order valence-electron chi connectivity index (χ3n) is 3.58. The van der Waals surface area contributed by atoms with Gasteiger partial charge in [-0.2, -0.15) is 0 Å². The van der Waals surface area contributed by atoms with Crippen LogP contribution in [0.3, 0.4) is 0 Å². The van der Waals surface area contributed by atoms with Gasteiger partial charge in [-0.15, -0.1) is 0 Å². The Balaban J connectivity index is 2.17. The van der Waals surface area contributed by atoms with Gasteiger partial charge in [-0.25, -0.2) is 4.98 Å². The molecule has 0 radical (unpaired) electrons. The Bertz CT molecular complexity index is 395. The molecule has 1 fully saturated rings. The van der Waals surface area contributed by atoms with Crippen molar-refractivity contribution in [3.63, 3.8) is 0 Å². The Morgan fingerprint density at radius 2 is 2.33 bits per heavy atom. The zero-order valence-corrected chi connectivity index (χ0v) is 12.0. The Morgan fingerprint density at radius 1 is 1.50 bits per heavy atom. The highest BCUT2D eigenvalue weighted by molar-refractivity contribution is 6.31. The number of aromatic nitrogens is 1. The summed E-state index contributed by atoms with van der Waals surface area (Å²) < 4.78 is 0. The summed E-state index contributed by atoms with van der Waals surface area (Å²) in [5, 5.41) is 4.07. The first-order valence-corrected chi connectivity index (χ1v) is 7.22. The van der Waals surface area contributed by atoms with Gasteiger partial charge in [0.05, 0.1) is 5.02 Å². The van der Waals surface area contributed by atoms with Crippen molar-refractivity contribution in [2.24, 2.45) is 0 Å². The minimum Gasteiger partial charge on any atom is -0.354 e. The summed E-state index contributed by atoms with van der Waals surface area (Å²) in [6.07, 6.45) is 5.63. The summed E-state index contributed by atoms with van der Waals surface area (Å²) in [5.41, 5.74) is 1.14. The molecule has 0 aromatic carbocycles. The fourth-order valence-corrected chi connectivity index (χ4v) is 2.63. The number of pyridine rings is 1. The van der Waals surface area contributed by atoms with Crippen molar-refractivity contribution in [1.29, 1.82) is 0 Å². The van der Waals surface area contributed by atoms with E-state index in [1.54, 1.807) is 6.20 Å². The van der Waals surface area contributed by atoms with Gasteiger partial charge in [0, 0.05) is 25.3 Å². The van der Waals surface area contributed by atoms with Crippen LogP contribution in [0.4, 0.5) is 5.82 Å². The van der Waals surface area contributed by atoms with Gasteiger partial charge in [0.2, 0.25) is 0 Å². The second kappa shape index (κ2) is 6.39. The predicted octanol–water partition coefficient (Wildman–Crippen LogP) is 3.22. The molecule has 0 spiro atoms. The van der Waals surface area contributed by atoms with Crippen molar-refractivity contribution in [2.45, 2.75) is 45.7 Å². The average molecular weight is 268 g/mol. The van der Waals surface area contributed by atoms with E-state index in [-0.39, 0.29) is 0 Å². The van der Waals surface area contributed by atoms with E-state index in [1.165, 1.54) is 19.3 Å². The molecule has 4 heteroatoms. The van der Waals surface area contributed by atoms with Crippen LogP contribution < -0.4 is 10.2 Å². The quantitative estimate of drug-likeness (QED) is 0.908. The number of nitrogens with zero attached hydrogens (tertiary/aromatic N) is 2. The smallest absolute Gasteiger partial charge is 0.129 e. The average Bonchev–Trinajstić information content (AvgIpc) is 2.39. The van der Waals surface area contributed by atoms with Crippen LogP contribution in [0.2, 0.25) is 5.02 Å². The number of hydrogen-bond donors (Lipinski definition) is 1. The highest BCUT2D eigenvalue weighted by atomic mass is 35.5. The van der Waals surface area contributed by atoms with Crippen LogP contribution in [-0.2, 0) is 6.54 Å². The van der Waals surface area contributed by atoms with E-state index in [4.69, 9.17) is 11.6 Å². The molecule has 1 saturated heterocycles. The molecule has 1 N–H and O–H groups in total. The standard InChI is InChI=1S/C14H22ClN3/c1-3-16-9-12-8-14(17-10-13(12)15)18-7-5-4-6-11(18)2/h8,10-11,16H,3-7,9H2,1-2H3. The van der Waals surface area contributed by atoms with Crippen LogP contribution in [0.5, 0.6) is 0 Å². The molecular formula is C14H22ClN3. The SMILES string of the molecule is CCNCc1cc(N2CCCCC2C)ncc1Cl. The Labute approximate surface area is 115 Å². The largest absolute Gasteiger partial charge is 0.354 e. The first-order chi connectivity index (χ1) is 8.72. The van der Waals surface area contributed by atoms with Gasteiger partial charge in [-0.1, -0.05) is 18.5 Å². The third-order valence-corrected chi connectivity index (χ3v) is 3.92. The molecule has 0 amide bonds. The lowest BCUT2D eigenvalue weighted by atomic mass is 10.0. The molecule has 100 valence electrons. The summed E-state index contributed by atoms with van der Waals surface area (Å²) in [6.45, 7) is 7.25. The molecule has 0 saturated carbocycles. The second-order valence-electron chi connectivity index (χ2n) is 4.95. The fraction of sp³-hybridized carbons (Fsp3) is 0.643. The minimum atomic E-state index is 0.583. The van der Waals surface area contributed by atoms with Crippen LogP contribution in [0.15, 0.2) is 12.3 Å². The maximum Gasteiger partial charge on any atom is 0.129 e. The van der Waals surface area contributed by atoms with E-state index in [9.17, 15) is 0 Å². The van der Waals surface area contributed by atoms with Gasteiger partial charge in [0.15, 0.2) is 0 Å². The zero-order chi connectivity index (χ0) is 13.0. The van der Waals surface area contributed by atoms with Crippen molar-refractivity contribution in [1.82, 2.24) is 10.3 Å². The van der Waals surface area contributed by atoms with E-state index in [2.05, 4.69) is 35.1 Å². The van der Waals surface area contributed by atoms with E-state index in [1.807, 2.05) is 0 Å². The van der Waals surface area contributed by atoms with Crippen LogP contribution >= 0.6 is 11.6 Å². The van der Waals surface area contributed by atoms with Gasteiger partial charge in [0.1, 0.15) is 5.82 Å². The van der Waals surface area contributed by atoms with E-state index < -0.39 is 0 Å². The fourth-order valence-electron chi connectivity index (χ4n) is 2.46. The topological polar surface area (TPSA) is 28.2 Å². The summed E-state index contributed by atoms with van der Waals surface area (Å²) in [6, 6.07) is 2.71. The van der Waals surface area contributed by atoms with Gasteiger partial charge in [-0.05, 0) is 44.4 Å². The predicted molar refractivity (Wildman–Crippen MR) is 77.3 cm³/mol. The lowest BCUT2D eigenvalue weighted by Gasteiger charge is -2.34. The van der Waals surface area contributed by atoms with Gasteiger partial charge >= 0.3 is 0 Å². The van der Waals surface area contributed by atoms with Crippen molar-refractivity contribution in [2.75, 3.05) is 18.0 Å². The van der Waals surface area contributed by atoms with Crippen molar-refractivity contribution in [3.05, 3.63) is 22.8 Å². The number of anilines is 1. The minimum absolute atomic E-state index is 0.583. The molecule has 2 heterocycles. The van der Waals surface area contributed by atoms with Gasteiger partial charge < -0.3 is 10.2 Å². The molecule has 1 aromatic rings. The van der Waals surface area contributed by atoms with Crippen molar-refractivity contribution >= 4 is 17.4 Å². The zero-order valence-electron chi connectivity index (χ0n) is 11.2. The molecule has 1 atom stereocenters. The summed E-state index contributed by atoms with van der Waals surface area (Å²) in [4.78, 5) is 6.89. The van der Waals surface area contributed by atoms with E-state index in [0.29, 0.717) is 6.04 Å².